The highest BCUT2D eigenvalue weighted by Gasteiger charge is 2.40. The van der Waals surface area contributed by atoms with E-state index in [2.05, 4.69) is 26.2 Å². The van der Waals surface area contributed by atoms with E-state index in [1.54, 1.807) is 18.5 Å². The Morgan fingerprint density at radius 3 is 2.85 bits per heavy atom. The average Bonchev–Trinajstić information content (AvgIpc) is 3.43. The summed E-state index contributed by atoms with van der Waals surface area (Å²) in [6, 6.07) is 2.12. The van der Waals surface area contributed by atoms with Crippen molar-refractivity contribution in [2.45, 2.75) is 31.6 Å². The van der Waals surface area contributed by atoms with Crippen molar-refractivity contribution in [2.75, 3.05) is 19.7 Å². The number of alkyl halides is 1. The van der Waals surface area contributed by atoms with Crippen LogP contribution in [-0.2, 0) is 14.3 Å². The number of amidine groups is 1. The molecule has 0 amide bonds. The van der Waals surface area contributed by atoms with Crippen molar-refractivity contribution in [3.8, 4) is 0 Å². The number of aliphatic imine (C=N–C) groups is 1. The summed E-state index contributed by atoms with van der Waals surface area (Å²) < 4.78 is 33.6. The van der Waals surface area contributed by atoms with Gasteiger partial charge in [-0.15, -0.1) is 11.3 Å². The van der Waals surface area contributed by atoms with Crippen LogP contribution in [-0.4, -0.2) is 64.7 Å². The molecule has 8 nitrogen and oxygen atoms in total. The average molecular weight is 555 g/mol. The summed E-state index contributed by atoms with van der Waals surface area (Å²) in [5.74, 6) is -1.90. The number of ether oxygens (including phenoxy) is 1. The predicted octanol–water partition coefficient (Wildman–Crippen LogP) is 3.45. The van der Waals surface area contributed by atoms with Crippen LogP contribution in [0.1, 0.15) is 30.0 Å². The molecule has 0 spiro atoms. The van der Waals surface area contributed by atoms with Crippen LogP contribution in [0.3, 0.4) is 0 Å². The molecule has 2 aromatic rings. The van der Waals surface area contributed by atoms with Gasteiger partial charge in [-0.05, 0) is 24.6 Å². The number of aliphatic carboxylic acids is 1. The minimum Gasteiger partial charge on any atom is -0.480 e. The Hall–Kier alpha value is -2.70. The molecule has 0 aliphatic carbocycles. The lowest BCUT2D eigenvalue weighted by molar-refractivity contribution is -0.142. The zero-order valence-corrected chi connectivity index (χ0v) is 20.4. The Kier molecular flexibility index (Phi) is 7.39. The van der Waals surface area contributed by atoms with Crippen LogP contribution < -0.4 is 5.32 Å². The number of aromatic nitrogens is 1. The minimum absolute atomic E-state index is 0.0504. The van der Waals surface area contributed by atoms with E-state index < -0.39 is 36.0 Å². The molecular formula is C22H21BrF2N4O4S. The Labute approximate surface area is 206 Å². The van der Waals surface area contributed by atoms with Gasteiger partial charge in [0.1, 0.15) is 24.1 Å². The van der Waals surface area contributed by atoms with Gasteiger partial charge in [0.15, 0.2) is 10.8 Å². The number of benzene rings is 1. The molecule has 3 atom stereocenters. The van der Waals surface area contributed by atoms with Gasteiger partial charge in [0.05, 0.1) is 12.2 Å². The Bertz CT molecular complexity index is 1160. The molecule has 2 N–H and O–H groups in total. The van der Waals surface area contributed by atoms with Crippen LogP contribution in [0.4, 0.5) is 8.78 Å². The third-order valence-electron chi connectivity index (χ3n) is 5.51. The van der Waals surface area contributed by atoms with Crippen molar-refractivity contribution in [2.24, 2.45) is 4.99 Å². The van der Waals surface area contributed by atoms with Gasteiger partial charge in [0.25, 0.3) is 0 Å². The lowest BCUT2D eigenvalue weighted by atomic mass is 9.95. The van der Waals surface area contributed by atoms with Gasteiger partial charge in [0.2, 0.25) is 0 Å². The summed E-state index contributed by atoms with van der Waals surface area (Å²) in [5.41, 5.74) is 0.984. The molecule has 0 saturated carbocycles. The summed E-state index contributed by atoms with van der Waals surface area (Å²) >= 11 is 4.68. The zero-order valence-electron chi connectivity index (χ0n) is 18.0. The molecule has 1 fully saturated rings. The van der Waals surface area contributed by atoms with E-state index in [1.807, 2.05) is 0 Å². The lowest BCUT2D eigenvalue weighted by Gasteiger charge is -2.30. The zero-order chi connectivity index (χ0) is 24.4. The van der Waals surface area contributed by atoms with Gasteiger partial charge in [-0.3, -0.25) is 14.7 Å². The SMILES string of the molecule is CCOC(=O)C1=C(CN2C[C@@H](F)C[C@H]2C(=O)O)NC(c2nccs2)=N[C@H]1c1ccc(F)cc1Br. The van der Waals surface area contributed by atoms with E-state index in [4.69, 9.17) is 9.73 Å². The number of carboxylic acids is 1. The van der Waals surface area contributed by atoms with E-state index in [0.717, 1.165) is 0 Å². The fraction of sp³-hybridized carbons (Fsp3) is 0.364. The van der Waals surface area contributed by atoms with E-state index in [-0.39, 0.29) is 31.7 Å². The van der Waals surface area contributed by atoms with Gasteiger partial charge >= 0.3 is 11.9 Å². The largest absolute Gasteiger partial charge is 0.480 e. The number of rotatable bonds is 7. The predicted molar refractivity (Wildman–Crippen MR) is 125 cm³/mol. The summed E-state index contributed by atoms with van der Waals surface area (Å²) in [7, 11) is 0. The van der Waals surface area contributed by atoms with Gasteiger partial charge < -0.3 is 15.2 Å². The summed E-state index contributed by atoms with van der Waals surface area (Å²) in [5, 5.41) is 15.0. The second kappa shape index (κ2) is 10.3. The molecule has 0 unspecified atom stereocenters. The molecule has 4 rings (SSSR count). The van der Waals surface area contributed by atoms with Crippen LogP contribution >= 0.6 is 27.3 Å². The van der Waals surface area contributed by atoms with Crippen molar-refractivity contribution in [3.05, 3.63) is 61.9 Å². The molecule has 12 heteroatoms. The maximum absolute atomic E-state index is 14.1. The van der Waals surface area contributed by atoms with Gasteiger partial charge in [-0.2, -0.15) is 0 Å². The van der Waals surface area contributed by atoms with E-state index in [0.29, 0.717) is 26.6 Å². The van der Waals surface area contributed by atoms with Crippen molar-refractivity contribution in [1.82, 2.24) is 15.2 Å². The highest BCUT2D eigenvalue weighted by Crippen LogP contribution is 2.37. The maximum Gasteiger partial charge on any atom is 0.338 e. The number of thiazole rings is 1. The molecule has 1 saturated heterocycles. The van der Waals surface area contributed by atoms with E-state index in [9.17, 15) is 23.5 Å². The maximum atomic E-state index is 14.1. The van der Waals surface area contributed by atoms with Crippen LogP contribution in [0, 0.1) is 5.82 Å². The number of carboxylic acid groups (broad SMARTS) is 1. The number of nitrogens with one attached hydrogen (secondary N) is 1. The first-order valence-corrected chi connectivity index (χ1v) is 12.2. The van der Waals surface area contributed by atoms with Crippen molar-refractivity contribution in [3.63, 3.8) is 0 Å². The molecule has 0 bridgehead atoms. The Balaban J connectivity index is 1.84. The fourth-order valence-corrected chi connectivity index (χ4v) is 5.20. The quantitative estimate of drug-likeness (QED) is 0.505. The normalized spacial score (nSPS) is 22.9. The topological polar surface area (TPSA) is 104 Å². The first-order valence-electron chi connectivity index (χ1n) is 10.5. The molecule has 0 radical (unpaired) electrons. The van der Waals surface area contributed by atoms with Crippen LogP contribution in [0.15, 0.2) is 50.5 Å². The number of carbonyl (C=O) groups excluding carboxylic acids is 1. The third-order valence-corrected chi connectivity index (χ3v) is 6.98. The summed E-state index contributed by atoms with van der Waals surface area (Å²) in [6.07, 6.45) is 0.161. The third kappa shape index (κ3) is 5.03. The minimum atomic E-state index is -1.30. The molecule has 2 aliphatic rings. The van der Waals surface area contributed by atoms with Gasteiger partial charge in [-0.1, -0.05) is 22.0 Å². The number of hydrogen-bond acceptors (Lipinski definition) is 8. The van der Waals surface area contributed by atoms with E-state index >= 15 is 0 Å². The number of esters is 1. The fourth-order valence-electron chi connectivity index (χ4n) is 4.05. The second-order valence-corrected chi connectivity index (χ2v) is 9.49. The Morgan fingerprint density at radius 2 is 2.21 bits per heavy atom. The smallest absolute Gasteiger partial charge is 0.338 e. The molecule has 1 aromatic heterocycles. The Morgan fingerprint density at radius 1 is 1.41 bits per heavy atom. The highest BCUT2D eigenvalue weighted by atomic mass is 79.9. The van der Waals surface area contributed by atoms with Crippen molar-refractivity contribution in [1.29, 1.82) is 0 Å². The monoisotopic (exact) mass is 554 g/mol. The number of carbonyl (C=O) groups is 2. The second-order valence-electron chi connectivity index (χ2n) is 7.74. The number of halogens is 3. The molecule has 1 aromatic carbocycles. The van der Waals surface area contributed by atoms with Gasteiger partial charge in [0, 0.05) is 41.3 Å². The molecule has 34 heavy (non-hydrogen) atoms. The van der Waals surface area contributed by atoms with Gasteiger partial charge in [-0.25, -0.2) is 18.6 Å². The molecule has 180 valence electrons. The molecule has 2 aliphatic heterocycles. The van der Waals surface area contributed by atoms with E-state index in [1.165, 1.54) is 34.4 Å². The summed E-state index contributed by atoms with van der Waals surface area (Å²) in [6.45, 7) is 1.62. The number of nitrogens with zero attached hydrogens (tertiary/aromatic N) is 3. The summed E-state index contributed by atoms with van der Waals surface area (Å²) in [4.78, 5) is 35.3. The van der Waals surface area contributed by atoms with Crippen LogP contribution in [0.5, 0.6) is 0 Å². The lowest BCUT2D eigenvalue weighted by Crippen LogP contribution is -2.43. The van der Waals surface area contributed by atoms with Crippen molar-refractivity contribution < 1.29 is 28.2 Å². The highest BCUT2D eigenvalue weighted by molar-refractivity contribution is 9.10. The number of likely N-dealkylation sites (tertiary alicyclic amines) is 1. The van der Waals surface area contributed by atoms with Crippen LogP contribution in [0.2, 0.25) is 0 Å². The molecular weight excluding hydrogens is 534 g/mol. The van der Waals surface area contributed by atoms with Crippen molar-refractivity contribution >= 4 is 45.0 Å². The van der Waals surface area contributed by atoms with Crippen LogP contribution in [0.25, 0.3) is 0 Å². The standard InChI is InChI=1S/C22H21BrF2N4O4S/c1-2-33-22(32)17-15(10-29-9-12(25)8-16(29)21(30)31)27-19(20-26-5-6-34-20)28-18(17)13-4-3-11(24)7-14(13)23/h3-7,12,16,18H,2,8-10H2,1H3,(H,27,28)(H,30,31)/t12-,16-,18-/m0/s1. The first kappa shape index (κ1) is 24.4. The molecule has 3 heterocycles. The first-order chi connectivity index (χ1) is 16.3. The number of hydrogen-bond donors (Lipinski definition) is 2.